The first-order chi connectivity index (χ1) is 11.5. The number of nitrogens with zero attached hydrogens (tertiary/aromatic N) is 5. The summed E-state index contributed by atoms with van der Waals surface area (Å²) in [7, 11) is 5.32. The maximum Gasteiger partial charge on any atom is 0.319 e. The number of carbonyl (C=O) groups is 2. The summed E-state index contributed by atoms with van der Waals surface area (Å²) in [5.41, 5.74) is 1.41. The molecule has 0 fully saturated rings. The van der Waals surface area contributed by atoms with Crippen molar-refractivity contribution in [3.8, 4) is 0 Å². The van der Waals surface area contributed by atoms with Crippen molar-refractivity contribution in [3.63, 3.8) is 0 Å². The van der Waals surface area contributed by atoms with E-state index >= 15 is 0 Å². The third-order valence-corrected chi connectivity index (χ3v) is 4.11. The summed E-state index contributed by atoms with van der Waals surface area (Å²) in [6.45, 7) is 2.23. The fraction of sp³-hybridized carbons (Fsp3) is 0.438. The first kappa shape index (κ1) is 16.1. The van der Waals surface area contributed by atoms with Gasteiger partial charge >= 0.3 is 6.03 Å². The largest absolute Gasteiger partial charge is 0.347 e. The number of hydrogen-bond acceptors (Lipinski definition) is 3. The summed E-state index contributed by atoms with van der Waals surface area (Å²) in [6, 6.07) is 3.60. The van der Waals surface area contributed by atoms with E-state index in [1.54, 1.807) is 34.5 Å². The molecule has 2 aromatic heterocycles. The highest BCUT2D eigenvalue weighted by atomic mass is 16.2. The molecule has 128 valence electrons. The highest BCUT2D eigenvalue weighted by Gasteiger charge is 2.23. The molecular formula is C16H22N6O2. The number of aromatic nitrogens is 3. The van der Waals surface area contributed by atoms with Crippen molar-refractivity contribution in [1.82, 2.24) is 29.2 Å². The maximum absolute atomic E-state index is 12.1. The Labute approximate surface area is 140 Å². The summed E-state index contributed by atoms with van der Waals surface area (Å²) in [5.74, 6) is 0.720. The summed E-state index contributed by atoms with van der Waals surface area (Å²) in [5, 5.41) is 2.88. The number of nitrogens with one attached hydrogen (secondary N) is 1. The van der Waals surface area contributed by atoms with Crippen LogP contribution in [0.25, 0.3) is 0 Å². The molecule has 1 aliphatic rings. The minimum absolute atomic E-state index is 0.0113. The topological polar surface area (TPSA) is 75.4 Å². The van der Waals surface area contributed by atoms with E-state index in [-0.39, 0.29) is 11.9 Å². The van der Waals surface area contributed by atoms with Crippen LogP contribution in [0.15, 0.2) is 24.5 Å². The lowest BCUT2D eigenvalue weighted by Crippen LogP contribution is -2.43. The van der Waals surface area contributed by atoms with Gasteiger partial charge in [0.25, 0.3) is 5.91 Å². The van der Waals surface area contributed by atoms with Crippen LogP contribution in [-0.4, -0.2) is 56.5 Å². The minimum atomic E-state index is -0.127. The van der Waals surface area contributed by atoms with Gasteiger partial charge in [-0.3, -0.25) is 4.79 Å². The summed E-state index contributed by atoms with van der Waals surface area (Å²) in [4.78, 5) is 32.1. The van der Waals surface area contributed by atoms with Crippen molar-refractivity contribution in [1.29, 1.82) is 0 Å². The van der Waals surface area contributed by atoms with Crippen molar-refractivity contribution in [3.05, 3.63) is 41.7 Å². The predicted octanol–water partition coefficient (Wildman–Crippen LogP) is 0.649. The highest BCUT2D eigenvalue weighted by Crippen LogP contribution is 2.14. The van der Waals surface area contributed by atoms with Gasteiger partial charge in [-0.15, -0.1) is 0 Å². The molecule has 0 unspecified atom stereocenters. The lowest BCUT2D eigenvalue weighted by Gasteiger charge is -2.29. The molecule has 0 atom stereocenters. The van der Waals surface area contributed by atoms with Gasteiger partial charge in [0.1, 0.15) is 11.5 Å². The smallest absolute Gasteiger partial charge is 0.319 e. The van der Waals surface area contributed by atoms with Gasteiger partial charge < -0.3 is 24.3 Å². The van der Waals surface area contributed by atoms with Gasteiger partial charge in [-0.1, -0.05) is 0 Å². The Balaban J connectivity index is 1.63. The normalized spacial score (nSPS) is 13.5. The van der Waals surface area contributed by atoms with Crippen LogP contribution in [0.1, 0.15) is 22.0 Å². The Bertz CT molecular complexity index is 760. The van der Waals surface area contributed by atoms with Gasteiger partial charge in [-0.25, -0.2) is 9.78 Å². The number of imidazole rings is 1. The van der Waals surface area contributed by atoms with Gasteiger partial charge in [0.05, 0.1) is 18.8 Å². The molecule has 0 aromatic carbocycles. The van der Waals surface area contributed by atoms with E-state index in [1.165, 1.54) is 0 Å². The Kier molecular flexibility index (Phi) is 4.28. The zero-order valence-electron chi connectivity index (χ0n) is 14.2. The van der Waals surface area contributed by atoms with Gasteiger partial charge in [-0.2, -0.15) is 0 Å². The van der Waals surface area contributed by atoms with Gasteiger partial charge in [0, 0.05) is 46.6 Å². The monoisotopic (exact) mass is 330 g/mol. The molecule has 24 heavy (non-hydrogen) atoms. The van der Waals surface area contributed by atoms with Crippen LogP contribution in [0.2, 0.25) is 0 Å². The van der Waals surface area contributed by atoms with E-state index in [2.05, 4.69) is 10.3 Å². The molecule has 1 N–H and O–H groups in total. The van der Waals surface area contributed by atoms with Crippen LogP contribution in [0.4, 0.5) is 4.79 Å². The van der Waals surface area contributed by atoms with Gasteiger partial charge in [-0.05, 0) is 12.1 Å². The average molecular weight is 330 g/mol. The number of carbonyl (C=O) groups excluding carboxylic acids is 2. The van der Waals surface area contributed by atoms with Crippen molar-refractivity contribution < 1.29 is 9.59 Å². The number of fused-ring (bicyclic) bond motifs is 1. The lowest BCUT2D eigenvalue weighted by atomic mass is 10.3. The van der Waals surface area contributed by atoms with Crippen molar-refractivity contribution >= 4 is 11.9 Å². The fourth-order valence-electron chi connectivity index (χ4n) is 2.80. The van der Waals surface area contributed by atoms with E-state index < -0.39 is 0 Å². The van der Waals surface area contributed by atoms with E-state index in [1.807, 2.05) is 30.1 Å². The molecule has 0 radical (unpaired) electrons. The van der Waals surface area contributed by atoms with E-state index in [0.717, 1.165) is 11.5 Å². The molecular weight excluding hydrogens is 308 g/mol. The molecule has 0 saturated heterocycles. The Morgan fingerprint density at radius 1 is 1.33 bits per heavy atom. The molecule has 3 amide bonds. The van der Waals surface area contributed by atoms with Crippen LogP contribution in [0.3, 0.4) is 0 Å². The summed E-state index contributed by atoms with van der Waals surface area (Å²) >= 11 is 0. The maximum atomic E-state index is 12.1. The molecule has 3 rings (SSSR count). The number of aryl methyl sites for hydroxylation is 1. The molecule has 0 spiro atoms. The van der Waals surface area contributed by atoms with Crippen molar-refractivity contribution in [2.45, 2.75) is 19.6 Å². The Morgan fingerprint density at radius 3 is 2.79 bits per heavy atom. The molecule has 8 heteroatoms. The van der Waals surface area contributed by atoms with E-state index in [9.17, 15) is 9.59 Å². The number of hydrogen-bond donors (Lipinski definition) is 1. The summed E-state index contributed by atoms with van der Waals surface area (Å²) in [6.07, 6.45) is 3.78. The second-order valence-corrected chi connectivity index (χ2v) is 6.13. The molecule has 0 saturated carbocycles. The van der Waals surface area contributed by atoms with Crippen LogP contribution in [0, 0.1) is 0 Å². The SMILES string of the molecule is CN(C)C(=O)N1CCn2cc(CNC(=O)c3cccn3C)nc2C1. The molecule has 0 bridgehead atoms. The first-order valence-electron chi connectivity index (χ1n) is 7.86. The van der Waals surface area contributed by atoms with Crippen LogP contribution in [-0.2, 0) is 26.7 Å². The molecule has 3 heterocycles. The first-order valence-corrected chi connectivity index (χ1v) is 7.86. The number of amides is 3. The van der Waals surface area contributed by atoms with Crippen LogP contribution >= 0.6 is 0 Å². The van der Waals surface area contributed by atoms with Crippen LogP contribution in [0.5, 0.6) is 0 Å². The standard InChI is InChI=1S/C16H22N6O2/c1-19(2)16(24)22-8-7-21-10-12(18-14(21)11-22)9-17-15(23)13-5-4-6-20(13)3/h4-6,10H,7-9,11H2,1-3H3,(H,17,23). The Hall–Kier alpha value is -2.77. The van der Waals surface area contributed by atoms with E-state index in [0.29, 0.717) is 31.9 Å². The van der Waals surface area contributed by atoms with Gasteiger partial charge in [0.2, 0.25) is 0 Å². The van der Waals surface area contributed by atoms with Gasteiger partial charge in [0.15, 0.2) is 0 Å². The second-order valence-electron chi connectivity index (χ2n) is 6.13. The quantitative estimate of drug-likeness (QED) is 0.898. The zero-order valence-corrected chi connectivity index (χ0v) is 14.2. The average Bonchev–Trinajstić information content (AvgIpc) is 3.16. The predicted molar refractivity (Wildman–Crippen MR) is 88.3 cm³/mol. The Morgan fingerprint density at radius 2 is 2.12 bits per heavy atom. The lowest BCUT2D eigenvalue weighted by molar-refractivity contribution is 0.0942. The number of rotatable bonds is 3. The zero-order chi connectivity index (χ0) is 17.3. The minimum Gasteiger partial charge on any atom is -0.347 e. The van der Waals surface area contributed by atoms with Crippen molar-refractivity contribution in [2.24, 2.45) is 7.05 Å². The molecule has 2 aromatic rings. The molecule has 8 nitrogen and oxygen atoms in total. The molecule has 1 aliphatic heterocycles. The third kappa shape index (κ3) is 3.12. The van der Waals surface area contributed by atoms with Crippen LogP contribution < -0.4 is 5.32 Å². The second kappa shape index (κ2) is 6.38. The van der Waals surface area contributed by atoms with E-state index in [4.69, 9.17) is 0 Å². The number of urea groups is 1. The molecule has 0 aliphatic carbocycles. The fourth-order valence-corrected chi connectivity index (χ4v) is 2.80. The van der Waals surface area contributed by atoms with Crippen molar-refractivity contribution in [2.75, 3.05) is 20.6 Å². The third-order valence-electron chi connectivity index (χ3n) is 4.11. The highest BCUT2D eigenvalue weighted by molar-refractivity contribution is 5.92. The summed E-state index contributed by atoms with van der Waals surface area (Å²) < 4.78 is 3.82.